The van der Waals surface area contributed by atoms with Crippen LogP contribution in [0.1, 0.15) is 46.4 Å². The molecule has 0 saturated carbocycles. The van der Waals surface area contributed by atoms with Gasteiger partial charge < -0.3 is 9.42 Å². The molecule has 0 aliphatic carbocycles. The molecule has 0 spiro atoms. The number of rotatable bonds is 5. The van der Waals surface area contributed by atoms with Crippen LogP contribution in [0.2, 0.25) is 0 Å². The molecule has 1 fully saturated rings. The fourth-order valence-electron chi connectivity index (χ4n) is 3.87. The molecular weight excluding hydrogens is 428 g/mol. The number of sulfonamides is 1. The Morgan fingerprint density at radius 2 is 1.91 bits per heavy atom. The number of hydrogen-bond donors (Lipinski definition) is 0. The summed E-state index contributed by atoms with van der Waals surface area (Å²) in [5, 5.41) is 3.84. The molecule has 1 atom stereocenters. The van der Waals surface area contributed by atoms with E-state index < -0.39 is 10.0 Å². The van der Waals surface area contributed by atoms with Crippen molar-refractivity contribution in [2.24, 2.45) is 0 Å². The third-order valence-corrected chi connectivity index (χ3v) is 7.52. The van der Waals surface area contributed by atoms with Crippen molar-refractivity contribution in [1.82, 2.24) is 15.0 Å². The van der Waals surface area contributed by atoms with Crippen molar-refractivity contribution in [2.45, 2.75) is 37.5 Å². The molecule has 2 heterocycles. The van der Waals surface area contributed by atoms with Gasteiger partial charge in [0.25, 0.3) is 15.9 Å². The molecule has 8 nitrogen and oxygen atoms in total. The van der Waals surface area contributed by atoms with Crippen LogP contribution < -0.4 is 4.31 Å². The zero-order valence-corrected chi connectivity index (χ0v) is 19.2. The zero-order valence-electron chi connectivity index (χ0n) is 18.4. The number of nitrogens with zero attached hydrogens (tertiary/aromatic N) is 4. The van der Waals surface area contributed by atoms with Crippen molar-refractivity contribution in [1.29, 1.82) is 0 Å². The molecule has 1 aliphatic rings. The van der Waals surface area contributed by atoms with Gasteiger partial charge in [0, 0.05) is 25.7 Å². The number of piperidine rings is 1. The number of anilines is 1. The van der Waals surface area contributed by atoms with Gasteiger partial charge in [-0.25, -0.2) is 8.42 Å². The average molecular weight is 455 g/mol. The topological polar surface area (TPSA) is 96.6 Å². The standard InChI is InChI=1S/C23H26N4O4S/c1-16-9-11-20(12-10-16)26(3)32(29,30)21-8-4-6-18(14-21)23(28)27-13-5-7-19(15-27)22-24-17(2)25-31-22/h4,6,8-12,14,19H,5,7,13,15H2,1-3H3. The number of aryl methyl sites for hydroxylation is 2. The Hall–Kier alpha value is -3.20. The van der Waals surface area contributed by atoms with E-state index in [9.17, 15) is 13.2 Å². The zero-order chi connectivity index (χ0) is 22.9. The van der Waals surface area contributed by atoms with Crippen molar-refractivity contribution < 1.29 is 17.7 Å². The highest BCUT2D eigenvalue weighted by molar-refractivity contribution is 7.92. The lowest BCUT2D eigenvalue weighted by Gasteiger charge is -2.31. The van der Waals surface area contributed by atoms with E-state index in [1.54, 1.807) is 36.1 Å². The fraction of sp³-hybridized carbons (Fsp3) is 0.348. The number of likely N-dealkylation sites (tertiary alicyclic amines) is 1. The minimum absolute atomic E-state index is 0.0199. The van der Waals surface area contributed by atoms with Gasteiger partial charge in [-0.05, 0) is 57.0 Å². The quantitative estimate of drug-likeness (QED) is 0.585. The molecule has 3 aromatic rings. The highest BCUT2D eigenvalue weighted by atomic mass is 32.2. The maximum Gasteiger partial charge on any atom is 0.264 e. The summed E-state index contributed by atoms with van der Waals surface area (Å²) in [4.78, 5) is 19.3. The monoisotopic (exact) mass is 454 g/mol. The molecule has 168 valence electrons. The van der Waals surface area contributed by atoms with Gasteiger partial charge in [-0.15, -0.1) is 0 Å². The van der Waals surface area contributed by atoms with E-state index in [1.807, 2.05) is 19.1 Å². The van der Waals surface area contributed by atoms with Crippen LogP contribution in [-0.4, -0.2) is 49.5 Å². The van der Waals surface area contributed by atoms with Gasteiger partial charge in [0.2, 0.25) is 5.89 Å². The summed E-state index contributed by atoms with van der Waals surface area (Å²) in [7, 11) is -2.30. The van der Waals surface area contributed by atoms with E-state index in [2.05, 4.69) is 10.1 Å². The summed E-state index contributed by atoms with van der Waals surface area (Å²) in [6.45, 7) is 4.76. The lowest BCUT2D eigenvalue weighted by atomic mass is 9.97. The van der Waals surface area contributed by atoms with E-state index in [0.29, 0.717) is 36.1 Å². The number of aromatic nitrogens is 2. The van der Waals surface area contributed by atoms with Gasteiger partial charge in [-0.1, -0.05) is 28.9 Å². The van der Waals surface area contributed by atoms with E-state index in [-0.39, 0.29) is 16.7 Å². The maximum absolute atomic E-state index is 13.2. The van der Waals surface area contributed by atoms with Crippen molar-refractivity contribution in [3.05, 3.63) is 71.4 Å². The lowest BCUT2D eigenvalue weighted by Crippen LogP contribution is -2.39. The SMILES string of the molecule is Cc1ccc(N(C)S(=O)(=O)c2cccc(C(=O)N3CCCC(c4nc(C)no4)C3)c2)cc1. The van der Waals surface area contributed by atoms with Crippen molar-refractivity contribution >= 4 is 21.6 Å². The normalized spacial score (nSPS) is 16.7. The van der Waals surface area contributed by atoms with Crippen molar-refractivity contribution in [3.8, 4) is 0 Å². The molecule has 0 radical (unpaired) electrons. The molecule has 0 bridgehead atoms. The summed E-state index contributed by atoms with van der Waals surface area (Å²) in [6, 6.07) is 13.4. The Balaban J connectivity index is 1.55. The van der Waals surface area contributed by atoms with E-state index >= 15 is 0 Å². The van der Waals surface area contributed by atoms with Crippen LogP contribution in [0.25, 0.3) is 0 Å². The van der Waals surface area contributed by atoms with Gasteiger partial charge >= 0.3 is 0 Å². The molecule has 1 unspecified atom stereocenters. The first kappa shape index (κ1) is 22.0. The second-order valence-corrected chi connectivity index (χ2v) is 10.1. The second kappa shape index (κ2) is 8.74. The first-order valence-corrected chi connectivity index (χ1v) is 11.9. The molecular formula is C23H26N4O4S. The Morgan fingerprint density at radius 1 is 1.16 bits per heavy atom. The molecule has 1 aromatic heterocycles. The first-order valence-electron chi connectivity index (χ1n) is 10.5. The first-order chi connectivity index (χ1) is 15.3. The highest BCUT2D eigenvalue weighted by Gasteiger charge is 2.30. The molecule has 9 heteroatoms. The summed E-state index contributed by atoms with van der Waals surface area (Å²) < 4.78 is 32.9. The molecule has 1 aliphatic heterocycles. The highest BCUT2D eigenvalue weighted by Crippen LogP contribution is 2.28. The third kappa shape index (κ3) is 4.38. The minimum Gasteiger partial charge on any atom is -0.339 e. The number of carbonyl (C=O) groups excluding carboxylic acids is 1. The van der Waals surface area contributed by atoms with Crippen LogP contribution in [0, 0.1) is 13.8 Å². The van der Waals surface area contributed by atoms with Gasteiger partial charge in [0.15, 0.2) is 5.82 Å². The van der Waals surface area contributed by atoms with Crippen molar-refractivity contribution in [3.63, 3.8) is 0 Å². The average Bonchev–Trinajstić information content (AvgIpc) is 3.25. The van der Waals surface area contributed by atoms with Crippen LogP contribution in [0.15, 0.2) is 57.9 Å². The van der Waals surface area contributed by atoms with E-state index in [4.69, 9.17) is 4.52 Å². The fourth-order valence-corrected chi connectivity index (χ4v) is 5.11. The summed E-state index contributed by atoms with van der Waals surface area (Å²) in [5.74, 6) is 0.879. The second-order valence-electron chi connectivity index (χ2n) is 8.11. The van der Waals surface area contributed by atoms with Crippen LogP contribution >= 0.6 is 0 Å². The lowest BCUT2D eigenvalue weighted by molar-refractivity contribution is 0.0695. The van der Waals surface area contributed by atoms with Crippen LogP contribution in [0.5, 0.6) is 0 Å². The predicted octanol–water partition coefficient (Wildman–Crippen LogP) is 3.53. The Labute approximate surface area is 187 Å². The molecule has 2 aromatic carbocycles. The minimum atomic E-state index is -3.81. The summed E-state index contributed by atoms with van der Waals surface area (Å²) in [5.41, 5.74) is 1.94. The summed E-state index contributed by atoms with van der Waals surface area (Å²) in [6.07, 6.45) is 1.67. The van der Waals surface area contributed by atoms with Gasteiger partial charge in [0.05, 0.1) is 16.5 Å². The number of amides is 1. The van der Waals surface area contributed by atoms with Crippen LogP contribution in [-0.2, 0) is 10.0 Å². The maximum atomic E-state index is 13.2. The Kier molecular flexibility index (Phi) is 6.01. The molecule has 32 heavy (non-hydrogen) atoms. The van der Waals surface area contributed by atoms with Crippen LogP contribution in [0.3, 0.4) is 0 Å². The predicted molar refractivity (Wildman–Crippen MR) is 120 cm³/mol. The largest absolute Gasteiger partial charge is 0.339 e. The third-order valence-electron chi connectivity index (χ3n) is 5.74. The van der Waals surface area contributed by atoms with Crippen molar-refractivity contribution in [2.75, 3.05) is 24.4 Å². The van der Waals surface area contributed by atoms with Gasteiger partial charge in [0.1, 0.15) is 0 Å². The van der Waals surface area contributed by atoms with Gasteiger partial charge in [-0.2, -0.15) is 4.98 Å². The Bertz CT molecular complexity index is 1220. The molecule has 0 N–H and O–H groups in total. The van der Waals surface area contributed by atoms with E-state index in [0.717, 1.165) is 18.4 Å². The number of benzene rings is 2. The van der Waals surface area contributed by atoms with Gasteiger partial charge in [-0.3, -0.25) is 9.10 Å². The molecule has 1 saturated heterocycles. The molecule has 1 amide bonds. The number of hydrogen-bond acceptors (Lipinski definition) is 6. The summed E-state index contributed by atoms with van der Waals surface area (Å²) >= 11 is 0. The number of carbonyl (C=O) groups is 1. The van der Waals surface area contributed by atoms with E-state index in [1.165, 1.54) is 23.5 Å². The molecule has 4 rings (SSSR count). The van der Waals surface area contributed by atoms with Crippen LogP contribution in [0.4, 0.5) is 5.69 Å². The Morgan fingerprint density at radius 3 is 2.59 bits per heavy atom. The smallest absolute Gasteiger partial charge is 0.264 e.